The van der Waals surface area contributed by atoms with Crippen LogP contribution in [-0.4, -0.2) is 46.0 Å². The van der Waals surface area contributed by atoms with E-state index in [9.17, 15) is 4.79 Å². The number of methoxy groups -OCH3 is 1. The van der Waals surface area contributed by atoms with Crippen molar-refractivity contribution in [2.24, 2.45) is 11.1 Å². The van der Waals surface area contributed by atoms with Crippen LogP contribution in [-0.2, 0) is 20.8 Å². The quantitative estimate of drug-likeness (QED) is 0.701. The van der Waals surface area contributed by atoms with E-state index in [1.807, 2.05) is 25.1 Å². The van der Waals surface area contributed by atoms with Crippen molar-refractivity contribution in [2.75, 3.05) is 40.1 Å². The summed E-state index contributed by atoms with van der Waals surface area (Å²) in [5, 5.41) is 3.02. The van der Waals surface area contributed by atoms with E-state index in [1.54, 1.807) is 7.11 Å². The molecule has 1 fully saturated rings. The second kappa shape index (κ2) is 9.01. The topological polar surface area (TPSA) is 82.8 Å². The van der Waals surface area contributed by atoms with Crippen LogP contribution in [0, 0.1) is 12.3 Å². The van der Waals surface area contributed by atoms with E-state index in [2.05, 4.69) is 5.32 Å². The molecule has 0 radical (unpaired) electrons. The van der Waals surface area contributed by atoms with Crippen LogP contribution in [0.5, 0.6) is 5.75 Å². The van der Waals surface area contributed by atoms with Crippen molar-refractivity contribution < 1.29 is 19.0 Å². The first-order valence-electron chi connectivity index (χ1n) is 8.39. The van der Waals surface area contributed by atoms with E-state index < -0.39 is 5.41 Å². The molecule has 1 aliphatic rings. The fraction of sp³-hybridized carbons (Fsp3) is 0.611. The molecule has 2 rings (SSSR count). The van der Waals surface area contributed by atoms with Crippen molar-refractivity contribution in [2.45, 2.75) is 26.3 Å². The van der Waals surface area contributed by atoms with Gasteiger partial charge >= 0.3 is 0 Å². The Morgan fingerprint density at radius 3 is 2.75 bits per heavy atom. The van der Waals surface area contributed by atoms with Gasteiger partial charge in [0.05, 0.1) is 12.0 Å². The van der Waals surface area contributed by atoms with Crippen LogP contribution in [0.4, 0.5) is 0 Å². The number of amides is 1. The molecule has 6 nitrogen and oxygen atoms in total. The summed E-state index contributed by atoms with van der Waals surface area (Å²) in [4.78, 5) is 12.7. The fourth-order valence-corrected chi connectivity index (χ4v) is 2.83. The molecular weight excluding hydrogens is 308 g/mol. The molecule has 0 bridgehead atoms. The van der Waals surface area contributed by atoms with Crippen LogP contribution in [0.25, 0.3) is 0 Å². The maximum atomic E-state index is 12.7. The Bertz CT molecular complexity index is 542. The lowest BCUT2D eigenvalue weighted by atomic mass is 9.79. The van der Waals surface area contributed by atoms with Gasteiger partial charge in [0.15, 0.2) is 0 Å². The van der Waals surface area contributed by atoms with Crippen molar-refractivity contribution in [3.63, 3.8) is 0 Å². The number of rotatable bonds is 8. The molecule has 1 heterocycles. The highest BCUT2D eigenvalue weighted by Gasteiger charge is 2.38. The normalized spacial score (nSPS) is 16.6. The molecular formula is C18H28N2O4. The van der Waals surface area contributed by atoms with Crippen LogP contribution in [0.3, 0.4) is 0 Å². The number of carbonyl (C=O) groups excluding carboxylic acids is 1. The zero-order valence-electron chi connectivity index (χ0n) is 14.6. The number of hydrogen-bond acceptors (Lipinski definition) is 5. The maximum Gasteiger partial charge on any atom is 0.227 e. The molecule has 134 valence electrons. The number of benzene rings is 1. The minimum atomic E-state index is -0.514. The molecule has 1 amide bonds. The van der Waals surface area contributed by atoms with E-state index in [-0.39, 0.29) is 5.91 Å². The number of ether oxygens (including phenoxy) is 3. The van der Waals surface area contributed by atoms with Crippen LogP contribution in [0.2, 0.25) is 0 Å². The first-order valence-corrected chi connectivity index (χ1v) is 8.39. The summed E-state index contributed by atoms with van der Waals surface area (Å²) < 4.78 is 16.1. The second-order valence-corrected chi connectivity index (χ2v) is 6.23. The zero-order chi connectivity index (χ0) is 17.4. The summed E-state index contributed by atoms with van der Waals surface area (Å²) >= 11 is 0. The van der Waals surface area contributed by atoms with Crippen LogP contribution in [0.15, 0.2) is 18.2 Å². The molecule has 1 aromatic rings. The molecule has 24 heavy (non-hydrogen) atoms. The molecule has 1 aromatic carbocycles. The van der Waals surface area contributed by atoms with E-state index in [0.29, 0.717) is 52.4 Å². The largest absolute Gasteiger partial charge is 0.491 e. The zero-order valence-corrected chi connectivity index (χ0v) is 14.6. The van der Waals surface area contributed by atoms with Crippen molar-refractivity contribution in [3.05, 3.63) is 29.3 Å². The Hall–Kier alpha value is -1.63. The molecule has 1 saturated heterocycles. The van der Waals surface area contributed by atoms with E-state index in [1.165, 1.54) is 0 Å². The van der Waals surface area contributed by atoms with Gasteiger partial charge < -0.3 is 25.3 Å². The minimum absolute atomic E-state index is 0.00304. The van der Waals surface area contributed by atoms with Gasteiger partial charge in [-0.05, 0) is 31.4 Å². The first-order chi connectivity index (χ1) is 11.6. The summed E-state index contributed by atoms with van der Waals surface area (Å²) in [5.74, 6) is 0.776. The lowest BCUT2D eigenvalue weighted by molar-refractivity contribution is -0.136. The molecule has 1 aliphatic heterocycles. The number of hydrogen-bond donors (Lipinski definition) is 2. The highest BCUT2D eigenvalue weighted by Crippen LogP contribution is 2.30. The van der Waals surface area contributed by atoms with E-state index in [0.717, 1.165) is 16.9 Å². The van der Waals surface area contributed by atoms with Gasteiger partial charge in [-0.2, -0.15) is 0 Å². The van der Waals surface area contributed by atoms with Crippen LogP contribution < -0.4 is 15.8 Å². The van der Waals surface area contributed by atoms with Gasteiger partial charge in [0, 0.05) is 39.0 Å². The Labute approximate surface area is 143 Å². The number of nitrogens with one attached hydrogen (secondary N) is 1. The second-order valence-electron chi connectivity index (χ2n) is 6.23. The molecule has 3 N–H and O–H groups in total. The van der Waals surface area contributed by atoms with Gasteiger partial charge in [0.25, 0.3) is 0 Å². The summed E-state index contributed by atoms with van der Waals surface area (Å²) in [7, 11) is 1.64. The van der Waals surface area contributed by atoms with E-state index >= 15 is 0 Å². The van der Waals surface area contributed by atoms with Crippen molar-refractivity contribution in [1.29, 1.82) is 0 Å². The van der Waals surface area contributed by atoms with E-state index in [4.69, 9.17) is 19.9 Å². The lowest BCUT2D eigenvalue weighted by Crippen LogP contribution is -2.49. The average molecular weight is 336 g/mol. The highest BCUT2D eigenvalue weighted by atomic mass is 16.5. The molecule has 0 spiro atoms. The predicted molar refractivity (Wildman–Crippen MR) is 91.9 cm³/mol. The summed E-state index contributed by atoms with van der Waals surface area (Å²) in [5.41, 5.74) is 7.43. The first kappa shape index (κ1) is 18.7. The predicted octanol–water partition coefficient (Wildman–Crippen LogP) is 1.39. The minimum Gasteiger partial charge on any atom is -0.491 e. The van der Waals surface area contributed by atoms with Crippen molar-refractivity contribution in [1.82, 2.24) is 5.32 Å². The van der Waals surface area contributed by atoms with Gasteiger partial charge in [-0.1, -0.05) is 12.1 Å². The maximum absolute atomic E-state index is 12.7. The molecule has 0 saturated carbocycles. The standard InChI is InChI=1S/C18H28N2O4/c1-14-3-4-15(16(11-14)24-10-9-22-2)12-20-17(21)18(13-19)5-7-23-8-6-18/h3-4,11H,5-10,12-13,19H2,1-2H3,(H,20,21). The third-order valence-corrected chi connectivity index (χ3v) is 4.53. The third-order valence-electron chi connectivity index (χ3n) is 4.53. The van der Waals surface area contributed by atoms with Gasteiger partial charge in [0.2, 0.25) is 5.91 Å². The monoisotopic (exact) mass is 336 g/mol. The number of nitrogens with two attached hydrogens (primary N) is 1. The van der Waals surface area contributed by atoms with Crippen molar-refractivity contribution >= 4 is 5.91 Å². The number of carbonyl (C=O) groups is 1. The van der Waals surface area contributed by atoms with Gasteiger partial charge in [0.1, 0.15) is 12.4 Å². The highest BCUT2D eigenvalue weighted by molar-refractivity contribution is 5.83. The smallest absolute Gasteiger partial charge is 0.227 e. The Balaban J connectivity index is 2.01. The average Bonchev–Trinajstić information content (AvgIpc) is 2.61. The SMILES string of the molecule is COCCOc1cc(C)ccc1CNC(=O)C1(CN)CCOCC1. The van der Waals surface area contributed by atoms with Gasteiger partial charge in [-0.3, -0.25) is 4.79 Å². The van der Waals surface area contributed by atoms with Crippen LogP contribution >= 0.6 is 0 Å². The third kappa shape index (κ3) is 4.69. The molecule has 0 aliphatic carbocycles. The Morgan fingerprint density at radius 1 is 1.33 bits per heavy atom. The summed E-state index contributed by atoms with van der Waals surface area (Å²) in [6.07, 6.45) is 1.33. The lowest BCUT2D eigenvalue weighted by Gasteiger charge is -2.34. The molecule has 0 unspecified atom stereocenters. The molecule has 0 atom stereocenters. The fourth-order valence-electron chi connectivity index (χ4n) is 2.83. The summed E-state index contributed by atoms with van der Waals surface area (Å²) in [6, 6.07) is 5.97. The Morgan fingerprint density at radius 2 is 2.08 bits per heavy atom. The number of aryl methyl sites for hydroxylation is 1. The van der Waals surface area contributed by atoms with Gasteiger partial charge in [-0.15, -0.1) is 0 Å². The summed E-state index contributed by atoms with van der Waals surface area (Å²) in [6.45, 7) is 4.94. The molecule has 6 heteroatoms. The Kier molecular flexibility index (Phi) is 7.02. The molecule has 0 aromatic heterocycles. The van der Waals surface area contributed by atoms with Crippen LogP contribution in [0.1, 0.15) is 24.0 Å². The van der Waals surface area contributed by atoms with Crippen molar-refractivity contribution in [3.8, 4) is 5.75 Å². The van der Waals surface area contributed by atoms with Gasteiger partial charge in [-0.25, -0.2) is 0 Å².